The summed E-state index contributed by atoms with van der Waals surface area (Å²) in [5.74, 6) is 0. The van der Waals surface area contributed by atoms with E-state index < -0.39 is 0 Å². The average molecular weight is 254 g/mol. The van der Waals surface area contributed by atoms with Crippen LogP contribution in [0.1, 0.15) is 17.4 Å². The Morgan fingerprint density at radius 1 is 1.59 bits per heavy atom. The number of hydrogen-bond donors (Lipinski definition) is 1. The van der Waals surface area contributed by atoms with Gasteiger partial charge in [-0.2, -0.15) is 0 Å². The van der Waals surface area contributed by atoms with Crippen LogP contribution in [0.5, 0.6) is 0 Å². The molecule has 0 saturated heterocycles. The summed E-state index contributed by atoms with van der Waals surface area (Å²) in [7, 11) is 1.79. The van der Waals surface area contributed by atoms with Crippen molar-refractivity contribution in [2.45, 2.75) is 25.9 Å². The van der Waals surface area contributed by atoms with Gasteiger partial charge in [-0.05, 0) is 30.0 Å². The lowest BCUT2D eigenvalue weighted by Crippen LogP contribution is -2.47. The number of ether oxygens (including phenoxy) is 1. The fourth-order valence-electron chi connectivity index (χ4n) is 2.38. The standard InChI is InChI=1S/C13H22N2OS/c1-3-14-8-12(10-16-2)15-6-4-13-11(9-15)5-7-17-13/h5,7,12,14H,3-4,6,8-10H2,1-2H3. The number of nitrogens with one attached hydrogen (secondary N) is 1. The topological polar surface area (TPSA) is 24.5 Å². The van der Waals surface area contributed by atoms with Gasteiger partial charge in [-0.25, -0.2) is 0 Å². The molecule has 2 rings (SSSR count). The maximum atomic E-state index is 5.34. The Morgan fingerprint density at radius 3 is 3.24 bits per heavy atom. The maximum absolute atomic E-state index is 5.34. The lowest BCUT2D eigenvalue weighted by Gasteiger charge is -2.34. The third-order valence-electron chi connectivity index (χ3n) is 3.34. The Kier molecular flexibility index (Phi) is 4.98. The molecule has 3 nitrogen and oxygen atoms in total. The molecule has 1 N–H and O–H groups in total. The van der Waals surface area contributed by atoms with Crippen LogP contribution in [0.25, 0.3) is 0 Å². The molecule has 1 aromatic heterocycles. The highest BCUT2D eigenvalue weighted by molar-refractivity contribution is 7.10. The first kappa shape index (κ1) is 13.0. The first-order chi connectivity index (χ1) is 8.35. The fourth-order valence-corrected chi connectivity index (χ4v) is 3.27. The molecule has 0 aromatic carbocycles. The van der Waals surface area contributed by atoms with Crippen molar-refractivity contribution in [3.63, 3.8) is 0 Å². The monoisotopic (exact) mass is 254 g/mol. The predicted octanol–water partition coefficient (Wildman–Crippen LogP) is 1.73. The van der Waals surface area contributed by atoms with E-state index in [1.165, 1.54) is 12.0 Å². The molecule has 4 heteroatoms. The number of fused-ring (bicyclic) bond motifs is 1. The Bertz CT molecular complexity index is 340. The summed E-state index contributed by atoms with van der Waals surface area (Å²) in [5, 5.41) is 5.64. The van der Waals surface area contributed by atoms with Gasteiger partial charge in [-0.15, -0.1) is 11.3 Å². The quantitative estimate of drug-likeness (QED) is 0.837. The molecule has 0 radical (unpaired) electrons. The van der Waals surface area contributed by atoms with Crippen molar-refractivity contribution in [3.8, 4) is 0 Å². The predicted molar refractivity (Wildman–Crippen MR) is 72.6 cm³/mol. The van der Waals surface area contributed by atoms with E-state index in [4.69, 9.17) is 4.74 Å². The first-order valence-electron chi connectivity index (χ1n) is 6.34. The third-order valence-corrected chi connectivity index (χ3v) is 4.37. The van der Waals surface area contributed by atoms with Gasteiger partial charge in [0.25, 0.3) is 0 Å². The maximum Gasteiger partial charge on any atom is 0.0630 e. The van der Waals surface area contributed by atoms with Crippen LogP contribution in [0.2, 0.25) is 0 Å². The molecule has 96 valence electrons. The van der Waals surface area contributed by atoms with E-state index >= 15 is 0 Å². The van der Waals surface area contributed by atoms with Gasteiger partial charge in [0.2, 0.25) is 0 Å². The second kappa shape index (κ2) is 6.50. The van der Waals surface area contributed by atoms with Gasteiger partial charge in [-0.1, -0.05) is 6.92 Å². The normalized spacial score (nSPS) is 18.0. The Morgan fingerprint density at radius 2 is 2.47 bits per heavy atom. The van der Waals surface area contributed by atoms with E-state index in [-0.39, 0.29) is 0 Å². The molecule has 0 fully saturated rings. The molecule has 0 bridgehead atoms. The number of thiophene rings is 1. The minimum atomic E-state index is 0.494. The van der Waals surface area contributed by atoms with Gasteiger partial charge >= 0.3 is 0 Å². The van der Waals surface area contributed by atoms with Gasteiger partial charge < -0.3 is 10.1 Å². The molecule has 17 heavy (non-hydrogen) atoms. The van der Waals surface area contributed by atoms with Crippen molar-refractivity contribution in [1.82, 2.24) is 10.2 Å². The summed E-state index contributed by atoms with van der Waals surface area (Å²) in [5.41, 5.74) is 1.51. The van der Waals surface area contributed by atoms with Crippen LogP contribution in [-0.2, 0) is 17.7 Å². The zero-order valence-electron chi connectivity index (χ0n) is 10.7. The minimum absolute atomic E-state index is 0.494. The highest BCUT2D eigenvalue weighted by Gasteiger charge is 2.23. The fraction of sp³-hybridized carbons (Fsp3) is 0.692. The van der Waals surface area contributed by atoms with Crippen molar-refractivity contribution in [1.29, 1.82) is 0 Å². The van der Waals surface area contributed by atoms with E-state index in [2.05, 4.69) is 28.6 Å². The number of rotatable bonds is 6. The Hall–Kier alpha value is -0.420. The van der Waals surface area contributed by atoms with Crippen molar-refractivity contribution >= 4 is 11.3 Å². The average Bonchev–Trinajstić information content (AvgIpc) is 2.81. The summed E-state index contributed by atoms with van der Waals surface area (Å²) in [6.07, 6.45) is 1.19. The van der Waals surface area contributed by atoms with E-state index in [0.717, 1.165) is 32.8 Å². The number of hydrogen-bond acceptors (Lipinski definition) is 4. The molecular formula is C13H22N2OS. The van der Waals surface area contributed by atoms with E-state index in [9.17, 15) is 0 Å². The lowest BCUT2D eigenvalue weighted by atomic mass is 10.1. The molecule has 1 unspecified atom stereocenters. The van der Waals surface area contributed by atoms with Crippen LogP contribution >= 0.6 is 11.3 Å². The van der Waals surface area contributed by atoms with Gasteiger partial charge in [0.1, 0.15) is 0 Å². The lowest BCUT2D eigenvalue weighted by molar-refractivity contribution is 0.0815. The second-order valence-corrected chi connectivity index (χ2v) is 5.51. The molecule has 0 amide bonds. The van der Waals surface area contributed by atoms with Crippen LogP contribution in [0.3, 0.4) is 0 Å². The van der Waals surface area contributed by atoms with Gasteiger partial charge in [-0.3, -0.25) is 4.90 Å². The van der Waals surface area contributed by atoms with Crippen LogP contribution in [-0.4, -0.2) is 44.3 Å². The third kappa shape index (κ3) is 3.28. The Labute approximate surface area is 108 Å². The number of likely N-dealkylation sites (N-methyl/N-ethyl adjacent to an activating group) is 1. The molecule has 0 spiro atoms. The highest BCUT2D eigenvalue weighted by atomic mass is 32.1. The summed E-state index contributed by atoms with van der Waals surface area (Å²) in [6, 6.07) is 2.76. The van der Waals surface area contributed by atoms with Crippen molar-refractivity contribution in [2.75, 3.05) is 33.4 Å². The zero-order valence-corrected chi connectivity index (χ0v) is 11.6. The SMILES string of the molecule is CCNCC(COC)N1CCc2sccc2C1. The molecule has 2 heterocycles. The van der Waals surface area contributed by atoms with Gasteiger partial charge in [0, 0.05) is 37.7 Å². The van der Waals surface area contributed by atoms with Crippen LogP contribution < -0.4 is 5.32 Å². The smallest absolute Gasteiger partial charge is 0.0630 e. The van der Waals surface area contributed by atoms with Gasteiger partial charge in [0.15, 0.2) is 0 Å². The second-order valence-electron chi connectivity index (χ2n) is 4.51. The van der Waals surface area contributed by atoms with Crippen LogP contribution in [0, 0.1) is 0 Å². The summed E-state index contributed by atoms with van der Waals surface area (Å²) < 4.78 is 5.34. The molecular weight excluding hydrogens is 232 g/mol. The summed E-state index contributed by atoms with van der Waals surface area (Å²) in [6.45, 7) is 7.25. The van der Waals surface area contributed by atoms with E-state index in [0.29, 0.717) is 6.04 Å². The minimum Gasteiger partial charge on any atom is -0.383 e. The summed E-state index contributed by atoms with van der Waals surface area (Å²) >= 11 is 1.90. The largest absolute Gasteiger partial charge is 0.383 e. The molecule has 1 aliphatic heterocycles. The molecule has 1 aliphatic rings. The molecule has 1 aromatic rings. The van der Waals surface area contributed by atoms with Crippen LogP contribution in [0.15, 0.2) is 11.4 Å². The van der Waals surface area contributed by atoms with E-state index in [1.54, 1.807) is 12.0 Å². The van der Waals surface area contributed by atoms with E-state index in [1.807, 2.05) is 11.3 Å². The molecule has 0 saturated carbocycles. The van der Waals surface area contributed by atoms with Gasteiger partial charge in [0.05, 0.1) is 6.61 Å². The van der Waals surface area contributed by atoms with Crippen molar-refractivity contribution < 1.29 is 4.74 Å². The van der Waals surface area contributed by atoms with Crippen molar-refractivity contribution in [2.24, 2.45) is 0 Å². The number of methoxy groups -OCH3 is 1. The molecule has 0 aliphatic carbocycles. The first-order valence-corrected chi connectivity index (χ1v) is 7.22. The highest BCUT2D eigenvalue weighted by Crippen LogP contribution is 2.25. The zero-order chi connectivity index (χ0) is 12.1. The summed E-state index contributed by atoms with van der Waals surface area (Å²) in [4.78, 5) is 4.11. The number of nitrogens with zero attached hydrogens (tertiary/aromatic N) is 1. The molecule has 1 atom stereocenters. The Balaban J connectivity index is 1.96. The van der Waals surface area contributed by atoms with Crippen molar-refractivity contribution in [3.05, 3.63) is 21.9 Å². The van der Waals surface area contributed by atoms with Crippen LogP contribution in [0.4, 0.5) is 0 Å².